The Morgan fingerprint density at radius 2 is 1.83 bits per heavy atom. The van der Waals surface area contributed by atoms with Crippen LogP contribution in [0.1, 0.15) is 40.5 Å². The third-order valence-corrected chi connectivity index (χ3v) is 5.58. The summed E-state index contributed by atoms with van der Waals surface area (Å²) >= 11 is 3.45. The summed E-state index contributed by atoms with van der Waals surface area (Å²) in [5.41, 5.74) is 0.928. The molecule has 0 bridgehead atoms. The summed E-state index contributed by atoms with van der Waals surface area (Å²) in [4.78, 5) is 27.0. The first-order valence-corrected chi connectivity index (χ1v) is 10.6. The second-order valence-corrected chi connectivity index (χ2v) is 7.82. The second-order valence-electron chi connectivity index (χ2n) is 6.97. The molecule has 1 N–H and O–H groups in total. The minimum absolute atomic E-state index is 0.0341. The van der Waals surface area contributed by atoms with E-state index in [-0.39, 0.29) is 23.7 Å². The van der Waals surface area contributed by atoms with Crippen molar-refractivity contribution in [2.75, 3.05) is 26.8 Å². The lowest BCUT2D eigenvalue weighted by Gasteiger charge is -2.32. The van der Waals surface area contributed by atoms with Gasteiger partial charge in [-0.25, -0.2) is 4.39 Å². The molecule has 1 fully saturated rings. The molecule has 2 aromatic carbocycles. The Balaban J connectivity index is 1.60. The molecule has 8 heteroatoms. The van der Waals surface area contributed by atoms with Gasteiger partial charge in [0, 0.05) is 30.3 Å². The molecule has 1 aliphatic rings. The zero-order chi connectivity index (χ0) is 21.7. The van der Waals surface area contributed by atoms with Gasteiger partial charge in [0.1, 0.15) is 5.82 Å². The van der Waals surface area contributed by atoms with E-state index in [0.717, 1.165) is 0 Å². The standard InChI is InChI=1S/C22H24BrFN2O4/c1-3-30-20-18(23)12-15(13-19(20)29-2)22(28)26-10-8-17(9-11-26)25-21(27)14-4-6-16(24)7-5-14/h4-7,12-13,17H,3,8-11H2,1-2H3,(H,25,27). The third kappa shape index (κ3) is 5.11. The van der Waals surface area contributed by atoms with Gasteiger partial charge in [0.2, 0.25) is 0 Å². The van der Waals surface area contributed by atoms with Crippen molar-refractivity contribution in [3.63, 3.8) is 0 Å². The molecule has 160 valence electrons. The van der Waals surface area contributed by atoms with E-state index in [1.165, 1.54) is 31.4 Å². The lowest BCUT2D eigenvalue weighted by molar-refractivity contribution is 0.0697. The molecular weight excluding hydrogens is 455 g/mol. The van der Waals surface area contributed by atoms with Crippen LogP contribution in [-0.2, 0) is 0 Å². The highest BCUT2D eigenvalue weighted by molar-refractivity contribution is 9.10. The van der Waals surface area contributed by atoms with Gasteiger partial charge in [-0.05, 0) is 72.1 Å². The molecule has 0 unspecified atom stereocenters. The van der Waals surface area contributed by atoms with Gasteiger partial charge in [0.15, 0.2) is 11.5 Å². The maximum Gasteiger partial charge on any atom is 0.254 e. The van der Waals surface area contributed by atoms with Crippen LogP contribution in [0.5, 0.6) is 11.5 Å². The molecule has 2 amide bonds. The van der Waals surface area contributed by atoms with Gasteiger partial charge >= 0.3 is 0 Å². The minimum Gasteiger partial charge on any atom is -0.493 e. The van der Waals surface area contributed by atoms with E-state index in [1.807, 2.05) is 6.92 Å². The van der Waals surface area contributed by atoms with Crippen molar-refractivity contribution in [2.45, 2.75) is 25.8 Å². The molecule has 0 radical (unpaired) electrons. The molecule has 0 atom stereocenters. The Hall–Kier alpha value is -2.61. The molecule has 30 heavy (non-hydrogen) atoms. The summed E-state index contributed by atoms with van der Waals surface area (Å²) in [6.07, 6.45) is 1.29. The topological polar surface area (TPSA) is 67.9 Å². The van der Waals surface area contributed by atoms with E-state index in [0.29, 0.717) is 59.6 Å². The number of ether oxygens (including phenoxy) is 2. The Morgan fingerprint density at radius 3 is 2.43 bits per heavy atom. The van der Waals surface area contributed by atoms with E-state index in [9.17, 15) is 14.0 Å². The number of rotatable bonds is 6. The highest BCUT2D eigenvalue weighted by Crippen LogP contribution is 2.37. The second kappa shape index (κ2) is 9.93. The largest absolute Gasteiger partial charge is 0.493 e. The number of halogens is 2. The smallest absolute Gasteiger partial charge is 0.254 e. The van der Waals surface area contributed by atoms with Crippen LogP contribution in [0.15, 0.2) is 40.9 Å². The van der Waals surface area contributed by atoms with Crippen LogP contribution in [0.25, 0.3) is 0 Å². The summed E-state index contributed by atoms with van der Waals surface area (Å²) < 4.78 is 24.6. The molecular formula is C22H24BrFN2O4. The number of carbonyl (C=O) groups excluding carboxylic acids is 2. The minimum atomic E-state index is -0.379. The fourth-order valence-corrected chi connectivity index (χ4v) is 3.96. The highest BCUT2D eigenvalue weighted by atomic mass is 79.9. The van der Waals surface area contributed by atoms with Crippen LogP contribution in [0, 0.1) is 5.82 Å². The van der Waals surface area contributed by atoms with Crippen molar-refractivity contribution < 1.29 is 23.5 Å². The van der Waals surface area contributed by atoms with Gasteiger partial charge in [0.05, 0.1) is 18.2 Å². The van der Waals surface area contributed by atoms with Crippen molar-refractivity contribution in [3.8, 4) is 11.5 Å². The van der Waals surface area contributed by atoms with Crippen molar-refractivity contribution >= 4 is 27.7 Å². The molecule has 1 saturated heterocycles. The van der Waals surface area contributed by atoms with Gasteiger partial charge in [-0.1, -0.05) is 0 Å². The van der Waals surface area contributed by atoms with Gasteiger partial charge in [0.25, 0.3) is 11.8 Å². The van der Waals surface area contributed by atoms with Crippen molar-refractivity contribution in [1.82, 2.24) is 10.2 Å². The Bertz CT molecular complexity index is 912. The van der Waals surface area contributed by atoms with Crippen molar-refractivity contribution in [3.05, 3.63) is 57.8 Å². The average Bonchev–Trinajstić information content (AvgIpc) is 2.75. The van der Waals surface area contributed by atoms with Crippen LogP contribution in [0.4, 0.5) is 4.39 Å². The molecule has 1 heterocycles. The zero-order valence-corrected chi connectivity index (χ0v) is 18.5. The van der Waals surface area contributed by atoms with E-state index < -0.39 is 0 Å². The average molecular weight is 479 g/mol. The molecule has 2 aromatic rings. The first-order valence-electron chi connectivity index (χ1n) is 9.79. The predicted molar refractivity (Wildman–Crippen MR) is 115 cm³/mol. The Kier molecular flexibility index (Phi) is 7.31. The predicted octanol–water partition coefficient (Wildman–Crippen LogP) is 4.03. The number of hydrogen-bond donors (Lipinski definition) is 1. The first kappa shape index (κ1) is 22.1. The number of piperidine rings is 1. The molecule has 6 nitrogen and oxygen atoms in total. The fourth-order valence-electron chi connectivity index (χ4n) is 3.41. The zero-order valence-electron chi connectivity index (χ0n) is 16.9. The maximum absolute atomic E-state index is 13.0. The van der Waals surface area contributed by atoms with E-state index in [1.54, 1.807) is 17.0 Å². The summed E-state index contributed by atoms with van der Waals surface area (Å²) in [5.74, 6) is 0.353. The van der Waals surface area contributed by atoms with E-state index in [4.69, 9.17) is 9.47 Å². The van der Waals surface area contributed by atoms with E-state index >= 15 is 0 Å². The van der Waals surface area contributed by atoms with Crippen LogP contribution in [0.2, 0.25) is 0 Å². The summed E-state index contributed by atoms with van der Waals surface area (Å²) in [6.45, 7) is 3.42. The number of methoxy groups -OCH3 is 1. The van der Waals surface area contributed by atoms with Crippen molar-refractivity contribution in [1.29, 1.82) is 0 Å². The van der Waals surface area contributed by atoms with Crippen LogP contribution in [-0.4, -0.2) is 49.6 Å². The number of nitrogens with one attached hydrogen (secondary N) is 1. The lowest BCUT2D eigenvalue weighted by Crippen LogP contribution is -2.46. The third-order valence-electron chi connectivity index (χ3n) is 4.99. The Labute approximate surface area is 183 Å². The van der Waals surface area contributed by atoms with Gasteiger partial charge < -0.3 is 19.7 Å². The van der Waals surface area contributed by atoms with Crippen molar-refractivity contribution in [2.24, 2.45) is 0 Å². The highest BCUT2D eigenvalue weighted by Gasteiger charge is 2.26. The van der Waals surface area contributed by atoms with Crippen LogP contribution < -0.4 is 14.8 Å². The number of hydrogen-bond acceptors (Lipinski definition) is 4. The molecule has 0 aliphatic carbocycles. The van der Waals surface area contributed by atoms with Crippen LogP contribution in [0.3, 0.4) is 0 Å². The van der Waals surface area contributed by atoms with E-state index in [2.05, 4.69) is 21.2 Å². The SMILES string of the molecule is CCOc1c(Br)cc(C(=O)N2CCC(NC(=O)c3ccc(F)cc3)CC2)cc1OC. The molecule has 3 rings (SSSR count). The maximum atomic E-state index is 13.0. The van der Waals surface area contributed by atoms with Gasteiger partial charge in [-0.3, -0.25) is 9.59 Å². The molecule has 1 aliphatic heterocycles. The molecule has 0 aromatic heterocycles. The molecule has 0 saturated carbocycles. The lowest BCUT2D eigenvalue weighted by atomic mass is 10.0. The number of nitrogens with zero attached hydrogens (tertiary/aromatic N) is 1. The van der Waals surface area contributed by atoms with Gasteiger partial charge in [-0.2, -0.15) is 0 Å². The Morgan fingerprint density at radius 1 is 1.17 bits per heavy atom. The summed E-state index contributed by atoms with van der Waals surface area (Å²) in [7, 11) is 1.54. The summed E-state index contributed by atoms with van der Waals surface area (Å²) in [5, 5.41) is 2.96. The number of likely N-dealkylation sites (tertiary alicyclic amines) is 1. The number of carbonyl (C=O) groups is 2. The fraction of sp³-hybridized carbons (Fsp3) is 0.364. The quantitative estimate of drug-likeness (QED) is 0.680. The number of benzene rings is 2. The summed E-state index contributed by atoms with van der Waals surface area (Å²) in [6, 6.07) is 8.83. The van der Waals surface area contributed by atoms with Gasteiger partial charge in [-0.15, -0.1) is 0 Å². The monoisotopic (exact) mass is 478 g/mol. The normalized spacial score (nSPS) is 14.3. The molecule has 0 spiro atoms. The first-order chi connectivity index (χ1) is 14.4. The van der Waals surface area contributed by atoms with Crippen LogP contribution >= 0.6 is 15.9 Å². The number of amides is 2.